The van der Waals surface area contributed by atoms with Gasteiger partial charge in [0, 0.05) is 6.08 Å². The number of ether oxygens (including phenoxy) is 3. The minimum Gasteiger partial charge on any atom is -0.504 e. The second kappa shape index (κ2) is 11.2. The van der Waals surface area contributed by atoms with Gasteiger partial charge < -0.3 is 50.0 Å². The van der Waals surface area contributed by atoms with Gasteiger partial charge in [-0.15, -0.1) is 0 Å². The van der Waals surface area contributed by atoms with E-state index >= 15 is 0 Å². The molecule has 34 heavy (non-hydrogen) atoms. The quantitative estimate of drug-likeness (QED) is 0.155. The molecular weight excluding hydrogens is 452 g/mol. The number of aromatic hydroxyl groups is 4. The van der Waals surface area contributed by atoms with E-state index in [1.54, 1.807) is 6.07 Å². The van der Waals surface area contributed by atoms with Gasteiger partial charge in [-0.2, -0.15) is 0 Å². The molecule has 0 saturated carbocycles. The van der Waals surface area contributed by atoms with Gasteiger partial charge in [-0.1, -0.05) is 12.1 Å². The molecule has 1 aliphatic heterocycles. The first-order valence-electron chi connectivity index (χ1n) is 10.3. The highest BCUT2D eigenvalue weighted by atomic mass is 16.7. The van der Waals surface area contributed by atoms with E-state index in [9.17, 15) is 40.5 Å². The number of hydrogen-bond donors (Lipinski definition) is 7. The number of carbonyl (C=O) groups is 1. The van der Waals surface area contributed by atoms with Crippen LogP contribution < -0.4 is 0 Å². The molecule has 0 aromatic heterocycles. The third-order valence-electron chi connectivity index (χ3n) is 5.20. The van der Waals surface area contributed by atoms with Gasteiger partial charge in [0.1, 0.15) is 18.3 Å². The van der Waals surface area contributed by atoms with E-state index in [1.807, 2.05) is 0 Å². The molecule has 0 aliphatic carbocycles. The van der Waals surface area contributed by atoms with Crippen LogP contribution in [0, 0.1) is 0 Å². The first-order chi connectivity index (χ1) is 16.2. The van der Waals surface area contributed by atoms with E-state index in [0.29, 0.717) is 11.1 Å². The maximum atomic E-state index is 12.2. The van der Waals surface area contributed by atoms with Crippen molar-refractivity contribution >= 4 is 12.0 Å². The Morgan fingerprint density at radius 3 is 2.26 bits per heavy atom. The second-order valence-electron chi connectivity index (χ2n) is 7.63. The summed E-state index contributed by atoms with van der Waals surface area (Å²) < 4.78 is 16.1. The lowest BCUT2D eigenvalue weighted by atomic mass is 9.99. The smallest absolute Gasteiger partial charge is 0.331 e. The fourth-order valence-corrected chi connectivity index (χ4v) is 3.34. The van der Waals surface area contributed by atoms with Crippen molar-refractivity contribution in [2.75, 3.05) is 13.2 Å². The maximum absolute atomic E-state index is 12.2. The van der Waals surface area contributed by atoms with Crippen LogP contribution in [0.5, 0.6) is 23.0 Å². The zero-order valence-electron chi connectivity index (χ0n) is 17.9. The van der Waals surface area contributed by atoms with Crippen LogP contribution in [0.4, 0.5) is 0 Å². The highest BCUT2D eigenvalue weighted by Gasteiger charge is 2.46. The fourth-order valence-electron chi connectivity index (χ4n) is 3.34. The van der Waals surface area contributed by atoms with E-state index in [1.165, 1.54) is 36.4 Å². The molecule has 2 aromatic rings. The van der Waals surface area contributed by atoms with Crippen molar-refractivity contribution < 1.29 is 54.8 Å². The van der Waals surface area contributed by atoms with Gasteiger partial charge in [0.15, 0.2) is 35.4 Å². The minimum absolute atomic E-state index is 0.0173. The molecule has 11 nitrogen and oxygen atoms in total. The number of rotatable bonds is 8. The molecule has 184 valence electrons. The Morgan fingerprint density at radius 2 is 1.62 bits per heavy atom. The van der Waals surface area contributed by atoms with Crippen molar-refractivity contribution in [3.05, 3.63) is 53.6 Å². The van der Waals surface area contributed by atoms with Crippen LogP contribution in [-0.2, 0) is 25.4 Å². The molecule has 0 bridgehead atoms. The molecule has 0 spiro atoms. The van der Waals surface area contributed by atoms with Crippen LogP contribution in [0.25, 0.3) is 6.08 Å². The number of carbonyl (C=O) groups excluding carboxylic acids is 1. The zero-order chi connectivity index (χ0) is 24.8. The summed E-state index contributed by atoms with van der Waals surface area (Å²) in [7, 11) is 0. The third-order valence-corrected chi connectivity index (χ3v) is 5.20. The summed E-state index contributed by atoms with van der Waals surface area (Å²) in [6, 6.07) is 8.15. The van der Waals surface area contributed by atoms with Crippen LogP contribution >= 0.6 is 0 Å². The highest BCUT2D eigenvalue weighted by molar-refractivity contribution is 5.87. The molecule has 0 amide bonds. The Morgan fingerprint density at radius 1 is 0.941 bits per heavy atom. The Balaban J connectivity index is 1.56. The molecule has 7 N–H and O–H groups in total. The maximum Gasteiger partial charge on any atom is 0.331 e. The van der Waals surface area contributed by atoms with Crippen LogP contribution in [0.2, 0.25) is 0 Å². The van der Waals surface area contributed by atoms with Gasteiger partial charge >= 0.3 is 5.97 Å². The first kappa shape index (κ1) is 25.3. The number of aliphatic hydroxyl groups excluding tert-OH is 3. The molecule has 5 atom stereocenters. The molecule has 1 aliphatic rings. The average molecular weight is 478 g/mol. The van der Waals surface area contributed by atoms with Gasteiger partial charge in [0.2, 0.25) is 0 Å². The summed E-state index contributed by atoms with van der Waals surface area (Å²) >= 11 is 0. The standard InChI is InChI=1S/C23H26O11/c24-11-18-22(34-19(29)6-3-12-1-4-14(25)16(27)9-12)20(30)21(31)23(33-18)32-8-7-13-2-5-15(26)17(28)10-13/h1-6,9-10,18,20-28,30-31H,7-8,11H2. The van der Waals surface area contributed by atoms with Gasteiger partial charge in [-0.05, 0) is 47.9 Å². The minimum atomic E-state index is -1.62. The lowest BCUT2D eigenvalue weighted by Gasteiger charge is -2.41. The Labute approximate surface area is 194 Å². The van der Waals surface area contributed by atoms with Crippen molar-refractivity contribution in [2.24, 2.45) is 0 Å². The van der Waals surface area contributed by atoms with Crippen molar-refractivity contribution in [3.63, 3.8) is 0 Å². The van der Waals surface area contributed by atoms with Crippen molar-refractivity contribution in [1.29, 1.82) is 0 Å². The molecule has 11 heteroatoms. The summed E-state index contributed by atoms with van der Waals surface area (Å²) in [5.74, 6) is -2.15. The van der Waals surface area contributed by atoms with Gasteiger partial charge in [0.25, 0.3) is 0 Å². The van der Waals surface area contributed by atoms with E-state index in [4.69, 9.17) is 14.2 Å². The van der Waals surface area contributed by atoms with Gasteiger partial charge in [-0.3, -0.25) is 0 Å². The predicted molar refractivity (Wildman–Crippen MR) is 116 cm³/mol. The van der Waals surface area contributed by atoms with Crippen molar-refractivity contribution in [3.8, 4) is 23.0 Å². The van der Waals surface area contributed by atoms with Crippen LogP contribution in [0.3, 0.4) is 0 Å². The number of aliphatic hydroxyl groups is 3. The number of esters is 1. The summed E-state index contributed by atoms with van der Waals surface area (Å²) in [4.78, 5) is 12.2. The predicted octanol–water partition coefficient (Wildman–Crippen LogP) is 0.132. The second-order valence-corrected chi connectivity index (χ2v) is 7.63. The Hall–Kier alpha value is -3.35. The number of benzene rings is 2. The lowest BCUT2D eigenvalue weighted by molar-refractivity contribution is -0.302. The van der Waals surface area contributed by atoms with Crippen molar-refractivity contribution in [1.82, 2.24) is 0 Å². The van der Waals surface area contributed by atoms with E-state index in [-0.39, 0.29) is 36.0 Å². The first-order valence-corrected chi connectivity index (χ1v) is 10.3. The summed E-state index contributed by atoms with van der Waals surface area (Å²) in [5.41, 5.74) is 1.03. The van der Waals surface area contributed by atoms with Crippen LogP contribution in [0.1, 0.15) is 11.1 Å². The third kappa shape index (κ3) is 6.16. The fraction of sp³-hybridized carbons (Fsp3) is 0.348. The van der Waals surface area contributed by atoms with Crippen molar-refractivity contribution in [2.45, 2.75) is 37.1 Å². The number of hydrogen-bond acceptors (Lipinski definition) is 11. The normalized spacial score (nSPS) is 24.9. The van der Waals surface area contributed by atoms with E-state index in [2.05, 4.69) is 0 Å². The summed E-state index contributed by atoms with van der Waals surface area (Å²) in [6.45, 7) is -0.619. The van der Waals surface area contributed by atoms with E-state index in [0.717, 1.165) is 6.08 Å². The summed E-state index contributed by atoms with van der Waals surface area (Å²) in [5, 5.41) is 68.1. The molecular formula is C23H26O11. The molecule has 0 radical (unpaired) electrons. The highest BCUT2D eigenvalue weighted by Crippen LogP contribution is 2.28. The van der Waals surface area contributed by atoms with Gasteiger partial charge in [0.05, 0.1) is 13.2 Å². The van der Waals surface area contributed by atoms with E-state index < -0.39 is 43.3 Å². The number of phenols is 4. The Kier molecular flexibility index (Phi) is 8.31. The molecule has 2 aromatic carbocycles. The topological polar surface area (TPSA) is 186 Å². The van der Waals surface area contributed by atoms with Crippen LogP contribution in [-0.4, -0.2) is 85.6 Å². The summed E-state index contributed by atoms with van der Waals surface area (Å²) in [6.07, 6.45) is -4.50. The molecule has 1 saturated heterocycles. The Bertz CT molecular complexity index is 1020. The molecule has 5 unspecified atom stereocenters. The van der Waals surface area contributed by atoms with Gasteiger partial charge in [-0.25, -0.2) is 4.79 Å². The molecule has 1 heterocycles. The average Bonchev–Trinajstić information content (AvgIpc) is 2.81. The monoisotopic (exact) mass is 478 g/mol. The molecule has 3 rings (SSSR count). The largest absolute Gasteiger partial charge is 0.504 e. The zero-order valence-corrected chi connectivity index (χ0v) is 17.9. The number of phenolic OH excluding ortho intramolecular Hbond substituents is 4. The van der Waals surface area contributed by atoms with Crippen LogP contribution in [0.15, 0.2) is 42.5 Å². The molecule has 1 fully saturated rings. The SMILES string of the molecule is O=C(C=Cc1ccc(O)c(O)c1)OC1C(CO)OC(OCCc2ccc(O)c(O)c2)C(O)C1O. The lowest BCUT2D eigenvalue weighted by Crippen LogP contribution is -2.60.